The molecule has 1 aromatic heterocycles. The quantitative estimate of drug-likeness (QED) is 0.202. The van der Waals surface area contributed by atoms with Crippen LogP contribution in [0.1, 0.15) is 25.0 Å². The molecular formula is C41H29NO. The number of benzene rings is 7. The summed E-state index contributed by atoms with van der Waals surface area (Å²) in [4.78, 5) is 2.37. The van der Waals surface area contributed by atoms with E-state index >= 15 is 0 Å². The standard InChI is InChI=1S/C41H29NO/c1-41(2)34-13-7-6-12-32(34)33-23-22-31(25-35(33)41)42(30-20-17-27(18-21-30)26-9-4-3-5-10-26)36-24-19-29-16-15-28-11-8-14-37-38(28)39(29)40(36)43-37/h3-25H,1-2H3. The van der Waals surface area contributed by atoms with Gasteiger partial charge in [0.15, 0.2) is 5.58 Å². The van der Waals surface area contributed by atoms with E-state index in [0.29, 0.717) is 0 Å². The van der Waals surface area contributed by atoms with E-state index in [0.717, 1.165) is 28.2 Å². The predicted octanol–water partition coefficient (Wildman–Crippen LogP) is 11.6. The van der Waals surface area contributed by atoms with Crippen LogP contribution in [0.25, 0.3) is 55.0 Å². The van der Waals surface area contributed by atoms with Crippen molar-refractivity contribution in [3.05, 3.63) is 151 Å². The highest BCUT2D eigenvalue weighted by Gasteiger charge is 2.36. The molecule has 0 spiro atoms. The second kappa shape index (κ2) is 8.83. The molecular weight excluding hydrogens is 522 g/mol. The lowest BCUT2D eigenvalue weighted by Gasteiger charge is -2.28. The molecule has 2 nitrogen and oxygen atoms in total. The minimum absolute atomic E-state index is 0.0934. The number of hydrogen-bond acceptors (Lipinski definition) is 2. The molecule has 0 fully saturated rings. The summed E-state index contributed by atoms with van der Waals surface area (Å²) in [6, 6.07) is 50.4. The largest absolute Gasteiger partial charge is 0.454 e. The van der Waals surface area contributed by atoms with Crippen molar-refractivity contribution in [1.82, 2.24) is 0 Å². The summed E-state index contributed by atoms with van der Waals surface area (Å²) in [7, 11) is 0. The van der Waals surface area contributed by atoms with Crippen molar-refractivity contribution in [3.8, 4) is 22.3 Å². The van der Waals surface area contributed by atoms with Gasteiger partial charge in [-0.2, -0.15) is 0 Å². The Morgan fingerprint density at radius 2 is 1.19 bits per heavy atom. The molecule has 1 aliphatic rings. The molecule has 2 heteroatoms. The molecule has 8 aromatic rings. The van der Waals surface area contributed by atoms with Crippen LogP contribution in [0.15, 0.2) is 144 Å². The zero-order valence-corrected chi connectivity index (χ0v) is 24.1. The molecule has 0 saturated carbocycles. The summed E-state index contributed by atoms with van der Waals surface area (Å²) >= 11 is 0. The Bertz CT molecular complexity index is 2310. The van der Waals surface area contributed by atoms with Gasteiger partial charge in [0.1, 0.15) is 5.58 Å². The Kier molecular flexibility index (Phi) is 4.99. The third-order valence-electron chi connectivity index (χ3n) is 9.43. The van der Waals surface area contributed by atoms with Crippen molar-refractivity contribution in [2.75, 3.05) is 4.90 Å². The van der Waals surface area contributed by atoms with Crippen molar-refractivity contribution in [1.29, 1.82) is 0 Å². The summed E-state index contributed by atoms with van der Waals surface area (Å²) in [5, 5.41) is 4.78. The van der Waals surface area contributed by atoms with Gasteiger partial charge in [-0.3, -0.25) is 0 Å². The average Bonchev–Trinajstić information content (AvgIpc) is 3.56. The summed E-state index contributed by atoms with van der Waals surface area (Å²) in [5.74, 6) is 0. The van der Waals surface area contributed by atoms with Gasteiger partial charge >= 0.3 is 0 Å². The van der Waals surface area contributed by atoms with Gasteiger partial charge in [0, 0.05) is 27.6 Å². The maximum absolute atomic E-state index is 6.70. The first kappa shape index (κ1) is 24.3. The van der Waals surface area contributed by atoms with Crippen LogP contribution in [-0.4, -0.2) is 0 Å². The van der Waals surface area contributed by atoms with Gasteiger partial charge in [0.05, 0.1) is 5.69 Å². The van der Waals surface area contributed by atoms with Crippen LogP contribution in [0.3, 0.4) is 0 Å². The summed E-state index contributed by atoms with van der Waals surface area (Å²) in [6.07, 6.45) is 0. The van der Waals surface area contributed by atoms with Gasteiger partial charge in [-0.15, -0.1) is 0 Å². The summed E-state index contributed by atoms with van der Waals surface area (Å²) in [6.45, 7) is 4.68. The number of fused-ring (bicyclic) bond motifs is 3. The van der Waals surface area contributed by atoms with Crippen LogP contribution in [0.2, 0.25) is 0 Å². The van der Waals surface area contributed by atoms with Crippen molar-refractivity contribution in [3.63, 3.8) is 0 Å². The van der Waals surface area contributed by atoms with Crippen LogP contribution >= 0.6 is 0 Å². The van der Waals surface area contributed by atoms with Crippen molar-refractivity contribution in [2.24, 2.45) is 0 Å². The Hall–Kier alpha value is -5.34. The predicted molar refractivity (Wildman–Crippen MR) is 180 cm³/mol. The lowest BCUT2D eigenvalue weighted by molar-refractivity contribution is 0.660. The Morgan fingerprint density at radius 3 is 2.02 bits per heavy atom. The number of furan rings is 1. The third-order valence-corrected chi connectivity index (χ3v) is 9.43. The highest BCUT2D eigenvalue weighted by molar-refractivity contribution is 6.24. The van der Waals surface area contributed by atoms with E-state index in [1.165, 1.54) is 54.9 Å². The minimum Gasteiger partial charge on any atom is -0.454 e. The van der Waals surface area contributed by atoms with Gasteiger partial charge in [0.25, 0.3) is 0 Å². The fourth-order valence-electron chi connectivity index (χ4n) is 7.28. The molecule has 0 bridgehead atoms. The van der Waals surface area contributed by atoms with E-state index in [4.69, 9.17) is 4.42 Å². The van der Waals surface area contributed by atoms with E-state index in [1.807, 2.05) is 0 Å². The fraction of sp³-hybridized carbons (Fsp3) is 0.0732. The number of nitrogens with zero attached hydrogens (tertiary/aromatic N) is 1. The second-order valence-corrected chi connectivity index (χ2v) is 12.2. The van der Waals surface area contributed by atoms with Crippen LogP contribution < -0.4 is 4.90 Å². The van der Waals surface area contributed by atoms with Crippen LogP contribution in [-0.2, 0) is 5.41 Å². The molecule has 7 aromatic carbocycles. The Labute approximate surface area is 250 Å². The van der Waals surface area contributed by atoms with Gasteiger partial charge in [-0.1, -0.05) is 117 Å². The average molecular weight is 552 g/mol. The topological polar surface area (TPSA) is 16.4 Å². The zero-order valence-electron chi connectivity index (χ0n) is 24.1. The Morgan fingerprint density at radius 1 is 0.512 bits per heavy atom. The first-order valence-electron chi connectivity index (χ1n) is 14.9. The monoisotopic (exact) mass is 551 g/mol. The molecule has 0 aliphatic heterocycles. The molecule has 0 radical (unpaired) electrons. The normalized spacial score (nSPS) is 13.5. The van der Waals surface area contributed by atoms with Crippen LogP contribution in [0.4, 0.5) is 17.1 Å². The van der Waals surface area contributed by atoms with Crippen molar-refractivity contribution in [2.45, 2.75) is 19.3 Å². The third kappa shape index (κ3) is 3.47. The second-order valence-electron chi connectivity index (χ2n) is 12.2. The number of rotatable bonds is 4. The summed E-state index contributed by atoms with van der Waals surface area (Å²) < 4.78 is 6.70. The van der Waals surface area contributed by atoms with Gasteiger partial charge in [-0.25, -0.2) is 0 Å². The van der Waals surface area contributed by atoms with Gasteiger partial charge < -0.3 is 9.32 Å². The van der Waals surface area contributed by atoms with E-state index < -0.39 is 0 Å². The molecule has 204 valence electrons. The zero-order chi connectivity index (χ0) is 28.7. The fourth-order valence-corrected chi connectivity index (χ4v) is 7.28. The maximum atomic E-state index is 6.70. The van der Waals surface area contributed by atoms with Gasteiger partial charge in [0.2, 0.25) is 0 Å². The smallest absolute Gasteiger partial charge is 0.160 e. The molecule has 1 heterocycles. The van der Waals surface area contributed by atoms with Crippen LogP contribution in [0.5, 0.6) is 0 Å². The first-order valence-corrected chi connectivity index (χ1v) is 14.9. The number of hydrogen-bond donors (Lipinski definition) is 0. The lowest BCUT2D eigenvalue weighted by atomic mass is 9.82. The van der Waals surface area contributed by atoms with E-state index in [2.05, 4.69) is 158 Å². The molecule has 0 amide bonds. The van der Waals surface area contributed by atoms with Crippen LogP contribution in [0, 0.1) is 0 Å². The molecule has 0 N–H and O–H groups in total. The lowest BCUT2D eigenvalue weighted by Crippen LogP contribution is -2.16. The maximum Gasteiger partial charge on any atom is 0.160 e. The summed E-state index contributed by atoms with van der Waals surface area (Å²) in [5.41, 5.74) is 12.8. The van der Waals surface area contributed by atoms with Gasteiger partial charge in [-0.05, 0) is 80.6 Å². The van der Waals surface area contributed by atoms with E-state index in [-0.39, 0.29) is 5.41 Å². The molecule has 9 rings (SSSR count). The molecule has 0 saturated heterocycles. The number of anilines is 3. The SMILES string of the molecule is CC1(C)c2ccccc2-c2ccc(N(c3ccc(-c4ccccc4)cc3)c3ccc4ccc5cccc6oc3c4c56)cc21. The minimum atomic E-state index is -0.0934. The van der Waals surface area contributed by atoms with E-state index in [9.17, 15) is 0 Å². The molecule has 0 unspecified atom stereocenters. The van der Waals surface area contributed by atoms with Crippen molar-refractivity contribution < 1.29 is 4.42 Å². The molecule has 43 heavy (non-hydrogen) atoms. The molecule has 1 aliphatic carbocycles. The Balaban J connectivity index is 1.29. The first-order chi connectivity index (χ1) is 21.1. The highest BCUT2D eigenvalue weighted by atomic mass is 16.3. The molecule has 0 atom stereocenters. The van der Waals surface area contributed by atoms with E-state index in [1.54, 1.807) is 0 Å². The highest BCUT2D eigenvalue weighted by Crippen LogP contribution is 2.51. The van der Waals surface area contributed by atoms with Crippen molar-refractivity contribution >= 4 is 49.8 Å².